The van der Waals surface area contributed by atoms with Crippen LogP contribution in [-0.2, 0) is 9.53 Å². The van der Waals surface area contributed by atoms with E-state index in [0.717, 1.165) is 30.1 Å². The monoisotopic (exact) mass is 305 g/mol. The van der Waals surface area contributed by atoms with Crippen molar-refractivity contribution in [3.63, 3.8) is 0 Å². The van der Waals surface area contributed by atoms with Crippen LogP contribution in [0.2, 0.25) is 0 Å². The first kappa shape index (κ1) is 15.7. The zero-order valence-corrected chi connectivity index (χ0v) is 12.9. The fourth-order valence-corrected chi connectivity index (χ4v) is 3.26. The molecule has 1 aliphatic rings. The molecule has 0 amide bonds. The highest BCUT2D eigenvalue weighted by Crippen LogP contribution is 2.51. The zero-order valence-electron chi connectivity index (χ0n) is 12.1. The van der Waals surface area contributed by atoms with Crippen molar-refractivity contribution < 1.29 is 14.3 Å². The number of hydrogen-bond donors (Lipinski definition) is 0. The van der Waals surface area contributed by atoms with Gasteiger partial charge in [-0.3, -0.25) is 4.79 Å². The second-order valence-corrected chi connectivity index (χ2v) is 6.40. The number of ether oxygens (including phenoxy) is 2. The highest BCUT2D eigenvalue weighted by molar-refractivity contribution is 7.99. The predicted octanol–water partition coefficient (Wildman–Crippen LogP) is 3.01. The topological polar surface area (TPSA) is 59.3 Å². The minimum absolute atomic E-state index is 0.113. The smallest absolute Gasteiger partial charge is 0.306 e. The summed E-state index contributed by atoms with van der Waals surface area (Å²) in [6.07, 6.45) is 2.75. The summed E-state index contributed by atoms with van der Waals surface area (Å²) in [6, 6.07) is 9.26. The standard InChI is InChI=1S/C16H19NO3S/c1-19-15(18)10-16(5-6-16)12-21-8-7-20-14-4-2-3-13(9-14)11-17/h2-4,9H,5-8,10,12H2,1H3. The molecule has 1 aliphatic carbocycles. The van der Waals surface area contributed by atoms with Crippen LogP contribution in [0.3, 0.4) is 0 Å². The van der Waals surface area contributed by atoms with E-state index in [1.165, 1.54) is 7.11 Å². The maximum Gasteiger partial charge on any atom is 0.306 e. The third-order valence-corrected chi connectivity index (χ3v) is 4.84. The maximum atomic E-state index is 11.3. The molecule has 0 N–H and O–H groups in total. The number of carbonyl (C=O) groups excluding carboxylic acids is 1. The molecule has 0 unspecified atom stereocenters. The number of nitrogens with zero attached hydrogens (tertiary/aromatic N) is 1. The molecule has 0 aliphatic heterocycles. The summed E-state index contributed by atoms with van der Waals surface area (Å²) in [5.74, 6) is 2.46. The predicted molar refractivity (Wildman–Crippen MR) is 82.3 cm³/mol. The summed E-state index contributed by atoms with van der Waals surface area (Å²) in [5.41, 5.74) is 0.772. The van der Waals surface area contributed by atoms with Crippen LogP contribution in [0.15, 0.2) is 24.3 Å². The second-order valence-electron chi connectivity index (χ2n) is 5.29. The number of carbonyl (C=O) groups is 1. The van der Waals surface area contributed by atoms with Crippen LogP contribution in [0.25, 0.3) is 0 Å². The number of esters is 1. The van der Waals surface area contributed by atoms with Crippen LogP contribution in [-0.4, -0.2) is 31.2 Å². The lowest BCUT2D eigenvalue weighted by Gasteiger charge is -2.13. The van der Waals surface area contributed by atoms with E-state index in [-0.39, 0.29) is 11.4 Å². The van der Waals surface area contributed by atoms with Gasteiger partial charge < -0.3 is 9.47 Å². The van der Waals surface area contributed by atoms with Crippen LogP contribution >= 0.6 is 11.8 Å². The third-order valence-electron chi connectivity index (χ3n) is 3.57. The average Bonchev–Trinajstić information content (AvgIpc) is 3.26. The molecule has 1 fully saturated rings. The number of rotatable bonds is 8. The van der Waals surface area contributed by atoms with E-state index in [9.17, 15) is 4.79 Å². The molecule has 1 aromatic rings. The highest BCUT2D eigenvalue weighted by atomic mass is 32.2. The minimum atomic E-state index is -0.113. The molecule has 0 saturated heterocycles. The van der Waals surface area contributed by atoms with E-state index in [2.05, 4.69) is 6.07 Å². The summed E-state index contributed by atoms with van der Waals surface area (Å²) in [6.45, 7) is 0.605. The van der Waals surface area contributed by atoms with E-state index in [1.807, 2.05) is 12.1 Å². The molecule has 1 aromatic carbocycles. The molecule has 0 heterocycles. The van der Waals surface area contributed by atoms with E-state index in [4.69, 9.17) is 14.7 Å². The Morgan fingerprint density at radius 1 is 1.48 bits per heavy atom. The lowest BCUT2D eigenvalue weighted by Crippen LogP contribution is -2.14. The average molecular weight is 305 g/mol. The van der Waals surface area contributed by atoms with Gasteiger partial charge in [0.2, 0.25) is 0 Å². The summed E-state index contributed by atoms with van der Waals surface area (Å²) in [7, 11) is 1.44. The highest BCUT2D eigenvalue weighted by Gasteiger charge is 2.44. The molecule has 5 heteroatoms. The second kappa shape index (κ2) is 7.37. The SMILES string of the molecule is COC(=O)CC1(CSCCOc2cccc(C#N)c2)CC1. The van der Waals surface area contributed by atoms with Gasteiger partial charge in [-0.25, -0.2) is 0 Å². The molecule has 0 atom stereocenters. The minimum Gasteiger partial charge on any atom is -0.493 e. The molecule has 0 spiro atoms. The van der Waals surface area contributed by atoms with E-state index >= 15 is 0 Å². The van der Waals surface area contributed by atoms with Crippen molar-refractivity contribution >= 4 is 17.7 Å². The van der Waals surface area contributed by atoms with E-state index in [0.29, 0.717) is 18.6 Å². The Hall–Kier alpha value is -1.67. The van der Waals surface area contributed by atoms with Crippen molar-refractivity contribution in [2.24, 2.45) is 5.41 Å². The van der Waals surface area contributed by atoms with Gasteiger partial charge in [0.1, 0.15) is 5.75 Å². The molecule has 4 nitrogen and oxygen atoms in total. The molecule has 2 rings (SSSR count). The number of thioether (sulfide) groups is 1. The summed E-state index contributed by atoms with van der Waals surface area (Å²) >= 11 is 1.81. The van der Waals surface area contributed by atoms with Crippen molar-refractivity contribution in [2.45, 2.75) is 19.3 Å². The molecule has 0 aromatic heterocycles. The maximum absolute atomic E-state index is 11.3. The number of benzene rings is 1. The van der Waals surface area contributed by atoms with Gasteiger partial charge >= 0.3 is 5.97 Å². The summed E-state index contributed by atoms with van der Waals surface area (Å²) < 4.78 is 10.4. The summed E-state index contributed by atoms with van der Waals surface area (Å²) in [5, 5.41) is 8.81. The van der Waals surface area contributed by atoms with Crippen molar-refractivity contribution in [3.8, 4) is 11.8 Å². The Morgan fingerprint density at radius 3 is 2.95 bits per heavy atom. The van der Waals surface area contributed by atoms with Gasteiger partial charge in [0.25, 0.3) is 0 Å². The van der Waals surface area contributed by atoms with Gasteiger partial charge in [-0.15, -0.1) is 0 Å². The lowest BCUT2D eigenvalue weighted by atomic mass is 10.1. The first-order valence-corrected chi connectivity index (χ1v) is 8.10. The Morgan fingerprint density at radius 2 is 2.29 bits per heavy atom. The van der Waals surface area contributed by atoms with E-state index < -0.39 is 0 Å². The molecule has 21 heavy (non-hydrogen) atoms. The number of hydrogen-bond acceptors (Lipinski definition) is 5. The van der Waals surface area contributed by atoms with Gasteiger partial charge in [0.05, 0.1) is 31.8 Å². The Kier molecular flexibility index (Phi) is 5.51. The fourth-order valence-electron chi connectivity index (χ4n) is 2.09. The van der Waals surface area contributed by atoms with Crippen LogP contribution < -0.4 is 4.74 Å². The van der Waals surface area contributed by atoms with Crippen molar-refractivity contribution in [2.75, 3.05) is 25.2 Å². The summed E-state index contributed by atoms with van der Waals surface area (Å²) in [4.78, 5) is 11.3. The van der Waals surface area contributed by atoms with Crippen molar-refractivity contribution in [1.82, 2.24) is 0 Å². The van der Waals surface area contributed by atoms with Crippen molar-refractivity contribution in [3.05, 3.63) is 29.8 Å². The first-order chi connectivity index (χ1) is 10.2. The molecular weight excluding hydrogens is 286 g/mol. The molecule has 0 radical (unpaired) electrons. The fraction of sp³-hybridized carbons (Fsp3) is 0.500. The van der Waals surface area contributed by atoms with E-state index in [1.54, 1.807) is 23.9 Å². The number of nitriles is 1. The van der Waals surface area contributed by atoms with Gasteiger partial charge in [0.15, 0.2) is 0 Å². The van der Waals surface area contributed by atoms with Crippen LogP contribution in [0.5, 0.6) is 5.75 Å². The normalized spacial score (nSPS) is 15.0. The Labute approximate surface area is 129 Å². The van der Waals surface area contributed by atoms with Crippen LogP contribution in [0, 0.1) is 16.7 Å². The quantitative estimate of drug-likeness (QED) is 0.546. The first-order valence-electron chi connectivity index (χ1n) is 6.95. The van der Waals surface area contributed by atoms with Gasteiger partial charge in [-0.1, -0.05) is 6.07 Å². The Bertz CT molecular complexity index is 535. The zero-order chi connectivity index (χ0) is 15.1. The van der Waals surface area contributed by atoms with Crippen molar-refractivity contribution in [1.29, 1.82) is 5.26 Å². The van der Waals surface area contributed by atoms with Gasteiger partial charge in [0, 0.05) is 5.75 Å². The number of methoxy groups -OCH3 is 1. The van der Waals surface area contributed by atoms with Gasteiger partial charge in [-0.05, 0) is 42.2 Å². The largest absolute Gasteiger partial charge is 0.493 e. The van der Waals surface area contributed by atoms with Crippen LogP contribution in [0.4, 0.5) is 0 Å². The lowest BCUT2D eigenvalue weighted by molar-refractivity contribution is -0.141. The molecule has 1 saturated carbocycles. The van der Waals surface area contributed by atoms with Gasteiger partial charge in [-0.2, -0.15) is 17.0 Å². The molecule has 112 valence electrons. The van der Waals surface area contributed by atoms with Crippen LogP contribution in [0.1, 0.15) is 24.8 Å². The molecular formula is C16H19NO3S. The molecule has 0 bridgehead atoms. The Balaban J connectivity index is 1.64. The third kappa shape index (κ3) is 4.98.